The normalized spacial score (nSPS) is 12.9. The average Bonchev–Trinajstić information content (AvgIpc) is 3.71. The number of nitrogens with zero attached hydrogens (tertiary/aromatic N) is 1. The van der Waals surface area contributed by atoms with Crippen LogP contribution in [0, 0.1) is 0 Å². The first-order valence-electron chi connectivity index (χ1n) is 18.4. The lowest BCUT2D eigenvalue weighted by molar-refractivity contribution is 0.660. The molecule has 0 radical (unpaired) electrons. The van der Waals surface area contributed by atoms with Crippen molar-refractivity contribution in [2.75, 3.05) is 4.90 Å². The van der Waals surface area contributed by atoms with Crippen LogP contribution in [0.25, 0.3) is 66.4 Å². The third-order valence-electron chi connectivity index (χ3n) is 11.1. The van der Waals surface area contributed by atoms with Crippen LogP contribution in [-0.4, -0.2) is 0 Å². The topological polar surface area (TPSA) is 16.4 Å². The van der Waals surface area contributed by atoms with Gasteiger partial charge in [0, 0.05) is 33.1 Å². The first-order valence-corrected chi connectivity index (χ1v) is 18.4. The highest BCUT2D eigenvalue weighted by Gasteiger charge is 2.36. The predicted molar refractivity (Wildman–Crippen MR) is 222 cm³/mol. The van der Waals surface area contributed by atoms with Crippen LogP contribution in [0.1, 0.15) is 25.0 Å². The van der Waals surface area contributed by atoms with Gasteiger partial charge in [0.15, 0.2) is 0 Å². The molecule has 2 nitrogen and oxygen atoms in total. The van der Waals surface area contributed by atoms with Gasteiger partial charge in [0.1, 0.15) is 11.2 Å². The van der Waals surface area contributed by atoms with E-state index in [2.05, 4.69) is 201 Å². The van der Waals surface area contributed by atoms with Crippen molar-refractivity contribution in [3.8, 4) is 44.5 Å². The van der Waals surface area contributed by atoms with E-state index in [1.54, 1.807) is 0 Å². The molecule has 0 atom stereocenters. The largest absolute Gasteiger partial charge is 0.456 e. The van der Waals surface area contributed by atoms with Crippen molar-refractivity contribution < 1.29 is 4.42 Å². The van der Waals surface area contributed by atoms with Crippen molar-refractivity contribution in [1.82, 2.24) is 0 Å². The van der Waals surface area contributed by atoms with Gasteiger partial charge in [-0.25, -0.2) is 0 Å². The number of furan rings is 1. The number of fused-ring (bicyclic) bond motifs is 6. The molecule has 0 bridgehead atoms. The Morgan fingerprint density at radius 1 is 0.415 bits per heavy atom. The van der Waals surface area contributed by atoms with Gasteiger partial charge in [0.05, 0.1) is 5.69 Å². The van der Waals surface area contributed by atoms with Crippen LogP contribution in [0.3, 0.4) is 0 Å². The van der Waals surface area contributed by atoms with Crippen LogP contribution in [0.15, 0.2) is 192 Å². The van der Waals surface area contributed by atoms with Gasteiger partial charge in [-0.05, 0) is 98.6 Å². The van der Waals surface area contributed by atoms with Crippen molar-refractivity contribution in [3.05, 3.63) is 199 Å². The first-order chi connectivity index (χ1) is 26.1. The number of hydrogen-bond donors (Lipinski definition) is 0. The molecule has 2 heteroatoms. The third kappa shape index (κ3) is 5.02. The van der Waals surface area contributed by atoms with Gasteiger partial charge in [-0.1, -0.05) is 153 Å². The molecule has 0 saturated heterocycles. The molecule has 0 fully saturated rings. The summed E-state index contributed by atoms with van der Waals surface area (Å²) in [6.45, 7) is 4.70. The van der Waals surface area contributed by atoms with Gasteiger partial charge in [-0.15, -0.1) is 0 Å². The van der Waals surface area contributed by atoms with Gasteiger partial charge in [-0.3, -0.25) is 0 Å². The van der Waals surface area contributed by atoms with E-state index < -0.39 is 0 Å². The molecule has 0 aliphatic heterocycles. The summed E-state index contributed by atoms with van der Waals surface area (Å²) >= 11 is 0. The smallest absolute Gasteiger partial charge is 0.136 e. The third-order valence-corrected chi connectivity index (χ3v) is 11.1. The zero-order chi connectivity index (χ0) is 35.5. The predicted octanol–water partition coefficient (Wildman–Crippen LogP) is 14.4. The second-order valence-corrected chi connectivity index (χ2v) is 14.5. The Kier molecular flexibility index (Phi) is 7.19. The Morgan fingerprint density at radius 3 is 1.91 bits per heavy atom. The van der Waals surface area contributed by atoms with Gasteiger partial charge < -0.3 is 9.32 Å². The Hall–Kier alpha value is -6.64. The summed E-state index contributed by atoms with van der Waals surface area (Å²) in [5.41, 5.74) is 17.3. The summed E-state index contributed by atoms with van der Waals surface area (Å²) < 4.78 is 6.50. The zero-order valence-electron chi connectivity index (χ0n) is 29.8. The SMILES string of the molecule is CC1(C)c2ccccc2-c2ccc(N(c3ccccc3)c3cccc(-c4cccc(-c5ccccc5)c4)c3-c3cccc4oc5ccccc5c34)cc21. The van der Waals surface area contributed by atoms with Crippen LogP contribution < -0.4 is 4.90 Å². The highest BCUT2D eigenvalue weighted by atomic mass is 16.3. The standard InChI is InChI=1S/C51H37NO/c1-51(2)44-26-11-9-22-40(44)41-31-30-38(33-45(41)51)52(37-20-7-4-8-21-37)46-27-14-24-39(36-19-13-18-35(32-36)34-16-5-3-6-17-34)49(46)43-25-15-29-48-50(43)42-23-10-12-28-47(42)53-48/h3-33H,1-2H3. The van der Waals surface area contributed by atoms with E-state index in [9.17, 15) is 0 Å². The number of benzene rings is 8. The Morgan fingerprint density at radius 2 is 1.04 bits per heavy atom. The molecule has 1 aromatic heterocycles. The maximum Gasteiger partial charge on any atom is 0.136 e. The molecule has 9 aromatic rings. The molecule has 1 aliphatic carbocycles. The minimum absolute atomic E-state index is 0.131. The number of anilines is 3. The highest BCUT2D eigenvalue weighted by molar-refractivity contribution is 6.15. The second kappa shape index (κ2) is 12.3. The van der Waals surface area contributed by atoms with E-state index in [1.807, 2.05) is 6.07 Å². The minimum atomic E-state index is -0.131. The van der Waals surface area contributed by atoms with E-state index in [0.717, 1.165) is 61.3 Å². The molecule has 1 aliphatic rings. The zero-order valence-corrected chi connectivity index (χ0v) is 29.8. The van der Waals surface area contributed by atoms with Crippen LogP contribution in [0.4, 0.5) is 17.1 Å². The quantitative estimate of drug-likeness (QED) is 0.174. The molecule has 0 saturated carbocycles. The summed E-state index contributed by atoms with van der Waals surface area (Å²) in [6.07, 6.45) is 0. The molecule has 1 heterocycles. The van der Waals surface area contributed by atoms with E-state index in [4.69, 9.17) is 4.42 Å². The number of rotatable bonds is 6. The lowest BCUT2D eigenvalue weighted by Gasteiger charge is -2.31. The molecule has 8 aromatic carbocycles. The summed E-state index contributed by atoms with van der Waals surface area (Å²) in [5, 5.41) is 2.23. The molecule has 10 rings (SSSR count). The van der Waals surface area contributed by atoms with E-state index in [0.29, 0.717) is 0 Å². The van der Waals surface area contributed by atoms with E-state index >= 15 is 0 Å². The van der Waals surface area contributed by atoms with E-state index in [-0.39, 0.29) is 5.41 Å². The van der Waals surface area contributed by atoms with Crippen LogP contribution >= 0.6 is 0 Å². The van der Waals surface area contributed by atoms with Gasteiger partial charge in [0.2, 0.25) is 0 Å². The second-order valence-electron chi connectivity index (χ2n) is 14.5. The van der Waals surface area contributed by atoms with Crippen molar-refractivity contribution in [2.45, 2.75) is 19.3 Å². The van der Waals surface area contributed by atoms with Crippen molar-refractivity contribution in [3.63, 3.8) is 0 Å². The van der Waals surface area contributed by atoms with Gasteiger partial charge in [0.25, 0.3) is 0 Å². The molecular weight excluding hydrogens is 643 g/mol. The van der Waals surface area contributed by atoms with Crippen molar-refractivity contribution in [1.29, 1.82) is 0 Å². The fourth-order valence-corrected chi connectivity index (χ4v) is 8.57. The number of hydrogen-bond acceptors (Lipinski definition) is 2. The lowest BCUT2D eigenvalue weighted by atomic mass is 9.82. The van der Waals surface area contributed by atoms with Crippen LogP contribution in [0.5, 0.6) is 0 Å². The van der Waals surface area contributed by atoms with Crippen molar-refractivity contribution in [2.24, 2.45) is 0 Å². The van der Waals surface area contributed by atoms with Crippen LogP contribution in [-0.2, 0) is 5.41 Å². The highest BCUT2D eigenvalue weighted by Crippen LogP contribution is 2.53. The lowest BCUT2D eigenvalue weighted by Crippen LogP contribution is -2.17. The molecule has 53 heavy (non-hydrogen) atoms. The summed E-state index contributed by atoms with van der Waals surface area (Å²) in [6, 6.07) is 67.9. The van der Waals surface area contributed by atoms with Crippen molar-refractivity contribution >= 4 is 39.0 Å². The minimum Gasteiger partial charge on any atom is -0.456 e. The average molecular weight is 680 g/mol. The number of para-hydroxylation sites is 2. The molecule has 252 valence electrons. The Bertz CT molecular complexity index is 2810. The molecule has 0 amide bonds. The fraction of sp³-hybridized carbons (Fsp3) is 0.0588. The van der Waals surface area contributed by atoms with Gasteiger partial charge in [-0.2, -0.15) is 0 Å². The molecule has 0 unspecified atom stereocenters. The fourth-order valence-electron chi connectivity index (χ4n) is 8.57. The molecular formula is C51H37NO. The van der Waals surface area contributed by atoms with Gasteiger partial charge >= 0.3 is 0 Å². The summed E-state index contributed by atoms with van der Waals surface area (Å²) in [5.74, 6) is 0. The van der Waals surface area contributed by atoms with Crippen LogP contribution in [0.2, 0.25) is 0 Å². The first kappa shape index (κ1) is 31.1. The maximum absolute atomic E-state index is 6.50. The van der Waals surface area contributed by atoms with E-state index in [1.165, 1.54) is 33.4 Å². The Labute approximate surface area is 310 Å². The molecule has 0 spiro atoms. The monoisotopic (exact) mass is 679 g/mol. The maximum atomic E-state index is 6.50. The summed E-state index contributed by atoms with van der Waals surface area (Å²) in [7, 11) is 0. The molecule has 0 N–H and O–H groups in total. The summed E-state index contributed by atoms with van der Waals surface area (Å²) in [4.78, 5) is 2.44. The Balaban J connectivity index is 1.27.